The van der Waals surface area contributed by atoms with Crippen molar-refractivity contribution in [2.45, 2.75) is 63.2 Å². The van der Waals surface area contributed by atoms with Gasteiger partial charge < -0.3 is 11.1 Å². The fourth-order valence-electron chi connectivity index (χ4n) is 3.19. The summed E-state index contributed by atoms with van der Waals surface area (Å²) in [5, 5.41) is 2.88. The highest BCUT2D eigenvalue weighted by Crippen LogP contribution is 2.37. The Morgan fingerprint density at radius 2 is 1.65 bits per heavy atom. The maximum absolute atomic E-state index is 12.5. The molecule has 0 radical (unpaired) electrons. The van der Waals surface area contributed by atoms with Crippen LogP contribution in [0.4, 0.5) is 13.2 Å². The summed E-state index contributed by atoms with van der Waals surface area (Å²) < 4.78 is 37.6. The largest absolute Gasteiger partial charge is 0.391 e. The number of hydrogen-bond donors (Lipinski definition) is 2. The second-order valence-electron chi connectivity index (χ2n) is 5.80. The lowest BCUT2D eigenvalue weighted by Gasteiger charge is -2.31. The van der Waals surface area contributed by atoms with Gasteiger partial charge in [0, 0.05) is 12.1 Å². The molecule has 2 rings (SSSR count). The third-order valence-electron chi connectivity index (χ3n) is 4.44. The zero-order valence-electron chi connectivity index (χ0n) is 11.3. The van der Waals surface area contributed by atoms with Crippen molar-refractivity contribution < 1.29 is 18.0 Å². The molecule has 2 aliphatic rings. The summed E-state index contributed by atoms with van der Waals surface area (Å²) in [5.41, 5.74) is 5.85. The highest BCUT2D eigenvalue weighted by Gasteiger charge is 2.42. The van der Waals surface area contributed by atoms with Gasteiger partial charge in [-0.3, -0.25) is 4.79 Å². The van der Waals surface area contributed by atoms with Gasteiger partial charge in [-0.15, -0.1) is 12.4 Å². The summed E-state index contributed by atoms with van der Waals surface area (Å²) in [4.78, 5) is 12.0. The van der Waals surface area contributed by atoms with Gasteiger partial charge in [0.25, 0.3) is 0 Å². The van der Waals surface area contributed by atoms with E-state index in [1.165, 1.54) is 0 Å². The smallest absolute Gasteiger partial charge is 0.353 e. The van der Waals surface area contributed by atoms with E-state index in [-0.39, 0.29) is 49.2 Å². The number of rotatable bonds is 2. The standard InChI is InChI=1S/C13H21F3N2O.ClH/c14-13(15,16)8-4-6-9(7-5-8)18-12(19)10-2-1-3-11(10)17;/h8-11H,1-7,17H2,(H,18,19);1H. The van der Waals surface area contributed by atoms with Gasteiger partial charge in [0.2, 0.25) is 5.91 Å². The molecule has 118 valence electrons. The van der Waals surface area contributed by atoms with Gasteiger partial charge in [0.1, 0.15) is 0 Å². The van der Waals surface area contributed by atoms with Crippen molar-refractivity contribution >= 4 is 18.3 Å². The Bertz CT molecular complexity index is 330. The lowest BCUT2D eigenvalue weighted by molar-refractivity contribution is -0.182. The fraction of sp³-hybridized carbons (Fsp3) is 0.923. The number of amides is 1. The van der Waals surface area contributed by atoms with E-state index >= 15 is 0 Å². The molecule has 20 heavy (non-hydrogen) atoms. The van der Waals surface area contributed by atoms with Crippen LogP contribution in [0, 0.1) is 11.8 Å². The van der Waals surface area contributed by atoms with E-state index in [4.69, 9.17) is 5.73 Å². The molecular formula is C13H22ClF3N2O. The number of nitrogens with one attached hydrogen (secondary N) is 1. The van der Waals surface area contributed by atoms with Gasteiger partial charge in [-0.1, -0.05) is 6.42 Å². The maximum atomic E-state index is 12.5. The van der Waals surface area contributed by atoms with Crippen LogP contribution in [0.25, 0.3) is 0 Å². The number of alkyl halides is 3. The monoisotopic (exact) mass is 314 g/mol. The first-order valence-electron chi connectivity index (χ1n) is 7.00. The van der Waals surface area contributed by atoms with Crippen molar-refractivity contribution in [1.29, 1.82) is 0 Å². The summed E-state index contributed by atoms with van der Waals surface area (Å²) in [6.45, 7) is 0. The minimum Gasteiger partial charge on any atom is -0.353 e. The summed E-state index contributed by atoms with van der Waals surface area (Å²) in [7, 11) is 0. The number of carbonyl (C=O) groups excluding carboxylic acids is 1. The predicted molar refractivity (Wildman–Crippen MR) is 72.5 cm³/mol. The Morgan fingerprint density at radius 1 is 1.05 bits per heavy atom. The number of nitrogens with two attached hydrogens (primary N) is 1. The Kier molecular flexibility index (Phi) is 6.13. The lowest BCUT2D eigenvalue weighted by Crippen LogP contribution is -2.45. The first kappa shape index (κ1) is 17.6. The van der Waals surface area contributed by atoms with Crippen LogP contribution in [0.5, 0.6) is 0 Å². The van der Waals surface area contributed by atoms with Crippen LogP contribution in [-0.2, 0) is 4.79 Å². The molecule has 7 heteroatoms. The van der Waals surface area contributed by atoms with Crippen molar-refractivity contribution in [1.82, 2.24) is 5.32 Å². The van der Waals surface area contributed by atoms with Crippen molar-refractivity contribution in [2.24, 2.45) is 17.6 Å². The van der Waals surface area contributed by atoms with E-state index in [0.717, 1.165) is 19.3 Å². The number of hydrogen-bond acceptors (Lipinski definition) is 2. The Hall–Kier alpha value is -0.490. The zero-order valence-corrected chi connectivity index (χ0v) is 12.1. The van der Waals surface area contributed by atoms with E-state index in [1.54, 1.807) is 0 Å². The molecule has 0 aromatic carbocycles. The van der Waals surface area contributed by atoms with Gasteiger partial charge in [0.05, 0.1) is 11.8 Å². The van der Waals surface area contributed by atoms with Crippen molar-refractivity contribution in [2.75, 3.05) is 0 Å². The molecule has 0 bridgehead atoms. The summed E-state index contributed by atoms with van der Waals surface area (Å²) in [6.07, 6.45) is -0.418. The average Bonchev–Trinajstić information content (AvgIpc) is 2.75. The fourth-order valence-corrected chi connectivity index (χ4v) is 3.19. The van der Waals surface area contributed by atoms with Crippen molar-refractivity contribution in [3.63, 3.8) is 0 Å². The van der Waals surface area contributed by atoms with E-state index in [9.17, 15) is 18.0 Å². The Labute approximate surface area is 123 Å². The maximum Gasteiger partial charge on any atom is 0.391 e. The molecule has 2 fully saturated rings. The SMILES string of the molecule is Cl.NC1CCCC1C(=O)NC1CCC(C(F)(F)F)CC1. The minimum absolute atomic E-state index is 0. The third kappa shape index (κ3) is 4.25. The van der Waals surface area contributed by atoms with Crippen LogP contribution in [0.2, 0.25) is 0 Å². The lowest BCUT2D eigenvalue weighted by atomic mass is 9.85. The van der Waals surface area contributed by atoms with Gasteiger partial charge in [0.15, 0.2) is 0 Å². The van der Waals surface area contributed by atoms with Crippen LogP contribution in [0.3, 0.4) is 0 Å². The minimum atomic E-state index is -4.09. The molecule has 0 aromatic rings. The third-order valence-corrected chi connectivity index (χ3v) is 4.44. The highest BCUT2D eigenvalue weighted by molar-refractivity contribution is 5.85. The molecule has 0 heterocycles. The molecule has 2 unspecified atom stereocenters. The molecule has 2 saturated carbocycles. The van der Waals surface area contributed by atoms with Crippen LogP contribution in [-0.4, -0.2) is 24.2 Å². The Morgan fingerprint density at radius 3 is 2.10 bits per heavy atom. The number of carbonyl (C=O) groups is 1. The van der Waals surface area contributed by atoms with Crippen LogP contribution < -0.4 is 11.1 Å². The van der Waals surface area contributed by atoms with E-state index in [1.807, 2.05) is 0 Å². The first-order chi connectivity index (χ1) is 8.88. The second-order valence-corrected chi connectivity index (χ2v) is 5.80. The van der Waals surface area contributed by atoms with E-state index in [0.29, 0.717) is 12.8 Å². The van der Waals surface area contributed by atoms with Crippen LogP contribution in [0.15, 0.2) is 0 Å². The molecule has 3 N–H and O–H groups in total. The molecule has 0 aliphatic heterocycles. The van der Waals surface area contributed by atoms with Crippen LogP contribution in [0.1, 0.15) is 44.9 Å². The van der Waals surface area contributed by atoms with Gasteiger partial charge in [-0.05, 0) is 38.5 Å². The molecule has 0 saturated heterocycles. The molecule has 0 aromatic heterocycles. The molecular weight excluding hydrogens is 293 g/mol. The summed E-state index contributed by atoms with van der Waals surface area (Å²) >= 11 is 0. The Balaban J connectivity index is 0.00000200. The first-order valence-corrected chi connectivity index (χ1v) is 7.00. The van der Waals surface area contributed by atoms with Gasteiger partial charge in [-0.25, -0.2) is 0 Å². The molecule has 0 spiro atoms. The summed E-state index contributed by atoms with van der Waals surface area (Å²) in [5.74, 6) is -1.42. The van der Waals surface area contributed by atoms with Crippen molar-refractivity contribution in [3.05, 3.63) is 0 Å². The average molecular weight is 315 g/mol. The zero-order chi connectivity index (χ0) is 14.0. The van der Waals surface area contributed by atoms with Gasteiger partial charge in [-0.2, -0.15) is 13.2 Å². The molecule has 2 atom stereocenters. The van der Waals surface area contributed by atoms with E-state index in [2.05, 4.69) is 5.32 Å². The van der Waals surface area contributed by atoms with Gasteiger partial charge >= 0.3 is 6.18 Å². The quantitative estimate of drug-likeness (QED) is 0.823. The van der Waals surface area contributed by atoms with Crippen molar-refractivity contribution in [3.8, 4) is 0 Å². The summed E-state index contributed by atoms with van der Waals surface area (Å²) in [6, 6.07) is -0.203. The van der Waals surface area contributed by atoms with Crippen LogP contribution >= 0.6 is 12.4 Å². The number of halogens is 4. The molecule has 2 aliphatic carbocycles. The van der Waals surface area contributed by atoms with E-state index < -0.39 is 12.1 Å². The predicted octanol–water partition coefficient (Wildman–Crippen LogP) is 2.77. The topological polar surface area (TPSA) is 55.1 Å². The molecule has 1 amide bonds. The molecule has 3 nitrogen and oxygen atoms in total. The second kappa shape index (κ2) is 6.98. The highest BCUT2D eigenvalue weighted by atomic mass is 35.5. The normalized spacial score (nSPS) is 34.4.